The highest BCUT2D eigenvalue weighted by molar-refractivity contribution is 5.86. The third-order valence-corrected chi connectivity index (χ3v) is 8.79. The van der Waals surface area contributed by atoms with Crippen LogP contribution in [0.1, 0.15) is 43.0 Å². The number of hydrogen-bond donors (Lipinski definition) is 1. The first kappa shape index (κ1) is 24.6. The van der Waals surface area contributed by atoms with E-state index in [-0.39, 0.29) is 5.41 Å². The molecule has 4 aliphatic rings. The third-order valence-electron chi connectivity index (χ3n) is 8.79. The van der Waals surface area contributed by atoms with Crippen LogP contribution in [0.3, 0.4) is 0 Å². The number of nitriles is 2. The fraction of sp³-hybridized carbons (Fsp3) is 0.387. The maximum Gasteiger partial charge on any atom is 0.128 e. The molecule has 2 atom stereocenters. The maximum atomic E-state index is 9.71. The van der Waals surface area contributed by atoms with Crippen LogP contribution in [0.5, 0.6) is 0 Å². The van der Waals surface area contributed by atoms with E-state index >= 15 is 0 Å². The molecular formula is C31H31N9. The zero-order valence-electron chi connectivity index (χ0n) is 22.6. The normalized spacial score (nSPS) is 20.9. The average molecular weight is 530 g/mol. The van der Waals surface area contributed by atoms with E-state index in [2.05, 4.69) is 68.5 Å². The fourth-order valence-corrected chi connectivity index (χ4v) is 6.10. The number of pyridine rings is 3. The van der Waals surface area contributed by atoms with Crippen molar-refractivity contribution in [1.29, 1.82) is 10.5 Å². The van der Waals surface area contributed by atoms with Crippen molar-refractivity contribution < 1.29 is 0 Å². The molecule has 8 rings (SSSR count). The van der Waals surface area contributed by atoms with E-state index in [1.807, 2.05) is 24.7 Å². The van der Waals surface area contributed by atoms with Gasteiger partial charge in [-0.1, -0.05) is 13.0 Å². The van der Waals surface area contributed by atoms with Crippen molar-refractivity contribution in [2.75, 3.05) is 29.9 Å². The predicted molar refractivity (Wildman–Crippen MR) is 152 cm³/mol. The van der Waals surface area contributed by atoms with Crippen LogP contribution in [0.15, 0.2) is 55.1 Å². The second kappa shape index (κ2) is 9.62. The van der Waals surface area contributed by atoms with E-state index in [0.717, 1.165) is 72.7 Å². The van der Waals surface area contributed by atoms with Gasteiger partial charge in [0.25, 0.3) is 0 Å². The summed E-state index contributed by atoms with van der Waals surface area (Å²) in [7, 11) is 0. The van der Waals surface area contributed by atoms with E-state index < -0.39 is 0 Å². The van der Waals surface area contributed by atoms with Crippen LogP contribution in [0.25, 0.3) is 16.6 Å². The minimum absolute atomic E-state index is 0.262. The number of piperazine rings is 1. The standard InChI is InChI=1S/C31H31N9/c1-2-24-5-3-21(12-34-24)15-39-26-10-27(39)18-38(17-26)29-6-4-22(13-35-29)28-9-25(36-20-31(19-33)7-8-31)16-40-30(28)23(11-32)14-37-40/h3-6,9,12-14,16,26-27,36H,2,7-8,10,15,17-18,20H2,1H3. The highest BCUT2D eigenvalue weighted by atomic mass is 15.4. The van der Waals surface area contributed by atoms with E-state index in [1.165, 1.54) is 12.0 Å². The zero-order chi connectivity index (χ0) is 27.3. The Morgan fingerprint density at radius 2 is 1.90 bits per heavy atom. The first-order chi connectivity index (χ1) is 19.6. The summed E-state index contributed by atoms with van der Waals surface area (Å²) in [5, 5.41) is 27.0. The molecule has 4 aromatic heterocycles. The van der Waals surface area contributed by atoms with Crippen LogP contribution in [-0.2, 0) is 13.0 Å². The molecule has 2 bridgehead atoms. The van der Waals surface area contributed by atoms with Gasteiger partial charge < -0.3 is 10.2 Å². The van der Waals surface area contributed by atoms with Crippen molar-refractivity contribution in [2.24, 2.45) is 5.41 Å². The summed E-state index contributed by atoms with van der Waals surface area (Å²) in [6, 6.07) is 16.3. The smallest absolute Gasteiger partial charge is 0.128 e. The van der Waals surface area contributed by atoms with Gasteiger partial charge in [0.15, 0.2) is 0 Å². The van der Waals surface area contributed by atoms with Gasteiger partial charge >= 0.3 is 0 Å². The topological polar surface area (TPSA) is 109 Å². The Balaban J connectivity index is 1.08. The summed E-state index contributed by atoms with van der Waals surface area (Å²) in [5.41, 5.74) is 6.15. The SMILES string of the molecule is CCc1ccc(CN2C3CC2CN(c2ccc(-c4cc(NCC5(C#N)CC5)cn5ncc(C#N)c45)cn2)C3)cn1. The minimum atomic E-state index is -0.262. The van der Waals surface area contributed by atoms with Gasteiger partial charge in [0, 0.05) is 67.5 Å². The van der Waals surface area contributed by atoms with Crippen molar-refractivity contribution in [2.45, 2.75) is 51.2 Å². The lowest BCUT2D eigenvalue weighted by molar-refractivity contribution is -0.00875. The number of nitrogens with one attached hydrogen (secondary N) is 1. The summed E-state index contributed by atoms with van der Waals surface area (Å²) in [6.07, 6.45) is 11.5. The number of aromatic nitrogens is 4. The number of piperidine rings is 1. The van der Waals surface area contributed by atoms with Gasteiger partial charge in [-0.2, -0.15) is 15.6 Å². The molecule has 1 aliphatic carbocycles. The van der Waals surface area contributed by atoms with Crippen LogP contribution in [-0.4, -0.2) is 56.2 Å². The molecule has 0 aromatic carbocycles. The largest absolute Gasteiger partial charge is 0.382 e. The highest BCUT2D eigenvalue weighted by Gasteiger charge is 2.45. The highest BCUT2D eigenvalue weighted by Crippen LogP contribution is 2.45. The summed E-state index contributed by atoms with van der Waals surface area (Å²) in [5.74, 6) is 0.982. The van der Waals surface area contributed by atoms with Crippen molar-refractivity contribution in [3.05, 3.63) is 71.9 Å². The number of fused-ring (bicyclic) bond motifs is 3. The van der Waals surface area contributed by atoms with Crippen molar-refractivity contribution >= 4 is 17.0 Å². The van der Waals surface area contributed by atoms with Crippen LogP contribution in [0.2, 0.25) is 0 Å². The van der Waals surface area contributed by atoms with Crippen molar-refractivity contribution in [1.82, 2.24) is 24.5 Å². The number of nitrogens with zero attached hydrogens (tertiary/aromatic N) is 8. The van der Waals surface area contributed by atoms with Gasteiger partial charge in [0.05, 0.1) is 40.6 Å². The number of aryl methyl sites for hydroxylation is 1. The van der Waals surface area contributed by atoms with E-state index in [1.54, 1.807) is 10.7 Å². The molecule has 0 spiro atoms. The molecule has 0 radical (unpaired) electrons. The summed E-state index contributed by atoms with van der Waals surface area (Å²) in [4.78, 5) is 14.4. The molecule has 9 heteroatoms. The Bertz CT molecular complexity index is 1630. The van der Waals surface area contributed by atoms with Gasteiger partial charge in [-0.05, 0) is 55.5 Å². The summed E-state index contributed by atoms with van der Waals surface area (Å²) in [6.45, 7) is 5.63. The molecule has 0 amide bonds. The number of anilines is 2. The Morgan fingerprint density at radius 1 is 1.05 bits per heavy atom. The fourth-order valence-electron chi connectivity index (χ4n) is 6.10. The molecule has 4 aromatic rings. The molecule has 3 aliphatic heterocycles. The van der Waals surface area contributed by atoms with Crippen LogP contribution >= 0.6 is 0 Å². The molecule has 1 saturated carbocycles. The summed E-state index contributed by atoms with van der Waals surface area (Å²) >= 11 is 0. The molecule has 7 heterocycles. The van der Waals surface area contributed by atoms with Gasteiger partial charge in [0.1, 0.15) is 11.9 Å². The first-order valence-electron chi connectivity index (χ1n) is 14.1. The molecule has 2 unspecified atom stereocenters. The third kappa shape index (κ3) is 4.33. The number of hydrogen-bond acceptors (Lipinski definition) is 8. The molecule has 4 fully saturated rings. The second-order valence-corrected chi connectivity index (χ2v) is 11.4. The number of rotatable bonds is 8. The Morgan fingerprint density at radius 3 is 2.55 bits per heavy atom. The van der Waals surface area contributed by atoms with E-state index in [0.29, 0.717) is 24.2 Å². The summed E-state index contributed by atoms with van der Waals surface area (Å²) < 4.78 is 1.74. The van der Waals surface area contributed by atoms with Crippen LogP contribution in [0, 0.1) is 28.1 Å². The van der Waals surface area contributed by atoms with E-state index in [4.69, 9.17) is 4.98 Å². The molecule has 1 N–H and O–H groups in total. The van der Waals surface area contributed by atoms with Gasteiger partial charge in [-0.3, -0.25) is 9.88 Å². The predicted octanol–water partition coefficient (Wildman–Crippen LogP) is 4.40. The van der Waals surface area contributed by atoms with Gasteiger partial charge in [0.2, 0.25) is 0 Å². The molecule has 40 heavy (non-hydrogen) atoms. The lowest BCUT2D eigenvalue weighted by Crippen LogP contribution is -2.68. The van der Waals surface area contributed by atoms with Crippen LogP contribution < -0.4 is 10.2 Å². The average Bonchev–Trinajstić information content (AvgIpc) is 3.68. The monoisotopic (exact) mass is 529 g/mol. The lowest BCUT2D eigenvalue weighted by Gasteiger charge is -2.56. The van der Waals surface area contributed by atoms with Crippen molar-refractivity contribution in [3.63, 3.8) is 0 Å². The molecule has 3 saturated heterocycles. The Labute approximate surface area is 233 Å². The molecule has 200 valence electrons. The van der Waals surface area contributed by atoms with Crippen molar-refractivity contribution in [3.8, 4) is 23.3 Å². The van der Waals surface area contributed by atoms with Crippen LogP contribution in [0.4, 0.5) is 11.5 Å². The molecule has 9 nitrogen and oxygen atoms in total. The lowest BCUT2D eigenvalue weighted by atomic mass is 9.87. The molecular weight excluding hydrogens is 498 g/mol. The van der Waals surface area contributed by atoms with Gasteiger partial charge in [-0.15, -0.1) is 0 Å². The van der Waals surface area contributed by atoms with E-state index in [9.17, 15) is 10.5 Å². The second-order valence-electron chi connectivity index (χ2n) is 11.4. The Hall–Kier alpha value is -4.47. The minimum Gasteiger partial charge on any atom is -0.382 e. The first-order valence-corrected chi connectivity index (χ1v) is 14.1. The maximum absolute atomic E-state index is 9.71. The Kier molecular flexibility index (Phi) is 5.91. The zero-order valence-corrected chi connectivity index (χ0v) is 22.6. The van der Waals surface area contributed by atoms with Gasteiger partial charge in [-0.25, -0.2) is 9.50 Å². The quantitative estimate of drug-likeness (QED) is 0.358.